The molecule has 0 aliphatic heterocycles. The van der Waals surface area contributed by atoms with E-state index in [1.54, 1.807) is 12.1 Å². The summed E-state index contributed by atoms with van der Waals surface area (Å²) in [6.45, 7) is 0.391. The molecule has 0 N–H and O–H groups in total. The van der Waals surface area contributed by atoms with E-state index in [0.29, 0.717) is 19.4 Å². The van der Waals surface area contributed by atoms with Gasteiger partial charge in [-0.2, -0.15) is 17.7 Å². The van der Waals surface area contributed by atoms with Gasteiger partial charge in [0.25, 0.3) is 0 Å². The van der Waals surface area contributed by atoms with Crippen molar-refractivity contribution in [1.82, 2.24) is 0 Å². The van der Waals surface area contributed by atoms with Gasteiger partial charge in [-0.1, -0.05) is 18.2 Å². The predicted molar refractivity (Wildman–Crippen MR) is 77.4 cm³/mol. The summed E-state index contributed by atoms with van der Waals surface area (Å²) in [7, 11) is 0. The van der Waals surface area contributed by atoms with E-state index in [1.165, 1.54) is 12.1 Å². The number of carbonyl (C=O) groups excluding carboxylic acids is 2. The summed E-state index contributed by atoms with van der Waals surface area (Å²) in [6, 6.07) is 12.0. The number of benzene rings is 1. The number of pyridine rings is 1. The number of carboxylic acids is 1. The second kappa shape index (κ2) is 9.51. The molecule has 4 nitrogen and oxygen atoms in total. The summed E-state index contributed by atoms with van der Waals surface area (Å²) in [6.07, 6.45) is -0.314. The molecule has 1 aromatic heterocycles. The normalized spacial score (nSPS) is 10.6. The van der Waals surface area contributed by atoms with Crippen molar-refractivity contribution in [1.29, 1.82) is 0 Å². The monoisotopic (exact) mass is 357 g/mol. The minimum absolute atomic E-state index is 0.176. The van der Waals surface area contributed by atoms with E-state index in [0.717, 1.165) is 5.56 Å². The van der Waals surface area contributed by atoms with Crippen molar-refractivity contribution in [2.75, 3.05) is 0 Å². The largest absolute Gasteiger partial charge is 0.542 e. The summed E-state index contributed by atoms with van der Waals surface area (Å²) >= 11 is 0. The highest BCUT2D eigenvalue weighted by Crippen LogP contribution is 2.11. The lowest BCUT2D eigenvalue weighted by Crippen LogP contribution is -2.37. The summed E-state index contributed by atoms with van der Waals surface area (Å²) in [5.74, 6) is -3.08. The molecule has 0 aliphatic carbocycles. The lowest BCUT2D eigenvalue weighted by molar-refractivity contribution is -0.684. The number of hydrogen-bond donors (Lipinski definition) is 0. The Morgan fingerprint density at radius 2 is 1.52 bits per heavy atom. The van der Waals surface area contributed by atoms with E-state index in [2.05, 4.69) is 0 Å². The Labute approximate surface area is 141 Å². The topological polar surface area (TPSA) is 61.1 Å². The number of carbonyl (C=O) groups is 2. The molecule has 1 heterocycles. The standard InChI is InChI=1S/C15H15FNO.C2HF3O2/c16-14-7-4-13(5-8-14)6-9-15(18)12-17-10-2-1-3-11-17;3-2(4,5)1(6)7/h1-5,7-8,10-11H,6,9,12H2;(H,6,7)/q+1;/p-1. The van der Waals surface area contributed by atoms with Gasteiger partial charge in [0.2, 0.25) is 6.54 Å². The van der Waals surface area contributed by atoms with Gasteiger partial charge in [0, 0.05) is 18.6 Å². The van der Waals surface area contributed by atoms with Crippen LogP contribution in [0.3, 0.4) is 0 Å². The Morgan fingerprint density at radius 1 is 1.00 bits per heavy atom. The first-order valence-corrected chi connectivity index (χ1v) is 7.17. The first-order valence-electron chi connectivity index (χ1n) is 7.17. The van der Waals surface area contributed by atoms with Crippen LogP contribution in [0.2, 0.25) is 0 Å². The van der Waals surface area contributed by atoms with Gasteiger partial charge >= 0.3 is 6.18 Å². The van der Waals surface area contributed by atoms with E-state index in [1.807, 2.05) is 35.2 Å². The number of aromatic nitrogens is 1. The Bertz CT molecular complexity index is 685. The maximum absolute atomic E-state index is 12.7. The summed E-state index contributed by atoms with van der Waals surface area (Å²) < 4.78 is 46.1. The van der Waals surface area contributed by atoms with Crippen molar-refractivity contribution < 1.29 is 36.8 Å². The van der Waals surface area contributed by atoms with Crippen LogP contribution < -0.4 is 9.67 Å². The maximum Gasteiger partial charge on any atom is 0.430 e. The minimum atomic E-state index is -5.19. The fraction of sp³-hybridized carbons (Fsp3) is 0.235. The van der Waals surface area contributed by atoms with Crippen molar-refractivity contribution in [2.45, 2.75) is 25.6 Å². The van der Waals surface area contributed by atoms with Gasteiger partial charge in [-0.05, 0) is 24.1 Å². The molecular formula is C17H15F4NO3. The molecule has 0 amide bonds. The molecule has 0 aliphatic rings. The number of Topliss-reactive ketones (excluding diaryl/α,β-unsaturated/α-hetero) is 1. The highest BCUT2D eigenvalue weighted by Gasteiger charge is 2.28. The van der Waals surface area contributed by atoms with Crippen LogP contribution in [0.4, 0.5) is 17.6 Å². The highest BCUT2D eigenvalue weighted by atomic mass is 19.4. The maximum atomic E-state index is 12.7. The number of hydrogen-bond acceptors (Lipinski definition) is 3. The van der Waals surface area contributed by atoms with Gasteiger partial charge in [-0.25, -0.2) is 4.39 Å². The number of carboxylic acid groups (broad SMARTS) is 1. The molecule has 25 heavy (non-hydrogen) atoms. The minimum Gasteiger partial charge on any atom is -0.542 e. The lowest BCUT2D eigenvalue weighted by atomic mass is 10.1. The Balaban J connectivity index is 0.000000381. The van der Waals surface area contributed by atoms with Crippen molar-refractivity contribution in [3.05, 3.63) is 66.2 Å². The molecule has 134 valence electrons. The van der Waals surface area contributed by atoms with E-state index < -0.39 is 12.1 Å². The molecule has 0 saturated heterocycles. The summed E-state index contributed by atoms with van der Waals surface area (Å²) in [4.78, 5) is 20.5. The molecule has 1 aromatic carbocycles. The third-order valence-electron chi connectivity index (χ3n) is 2.97. The van der Waals surface area contributed by atoms with E-state index in [-0.39, 0.29) is 11.6 Å². The third kappa shape index (κ3) is 8.59. The first-order chi connectivity index (χ1) is 11.7. The van der Waals surface area contributed by atoms with Gasteiger partial charge in [0.05, 0.1) is 0 Å². The number of ketones is 1. The molecule has 2 rings (SSSR count). The van der Waals surface area contributed by atoms with Crippen molar-refractivity contribution >= 4 is 11.8 Å². The van der Waals surface area contributed by atoms with Crippen LogP contribution in [0.15, 0.2) is 54.9 Å². The zero-order valence-corrected chi connectivity index (χ0v) is 13.0. The van der Waals surface area contributed by atoms with E-state index in [4.69, 9.17) is 9.90 Å². The van der Waals surface area contributed by atoms with Gasteiger partial charge in [0.15, 0.2) is 18.2 Å². The molecule has 0 spiro atoms. The van der Waals surface area contributed by atoms with Gasteiger partial charge in [0.1, 0.15) is 11.8 Å². The second-order valence-corrected chi connectivity index (χ2v) is 5.00. The average Bonchev–Trinajstić information content (AvgIpc) is 2.55. The SMILES string of the molecule is O=C(CCc1ccc(F)cc1)C[n+]1ccccc1.O=C([O-])C(F)(F)F. The van der Waals surface area contributed by atoms with Crippen molar-refractivity contribution in [3.63, 3.8) is 0 Å². The Hall–Kier alpha value is -2.77. The number of aryl methyl sites for hydroxylation is 1. The number of halogens is 4. The molecule has 0 unspecified atom stereocenters. The molecule has 0 saturated carbocycles. The Kier molecular flexibility index (Phi) is 7.71. The van der Waals surface area contributed by atoms with Crippen molar-refractivity contribution in [3.8, 4) is 0 Å². The zero-order chi connectivity index (χ0) is 18.9. The van der Waals surface area contributed by atoms with E-state index >= 15 is 0 Å². The fourth-order valence-corrected chi connectivity index (χ4v) is 1.76. The number of alkyl halides is 3. The molecule has 0 radical (unpaired) electrons. The fourth-order valence-electron chi connectivity index (χ4n) is 1.76. The predicted octanol–water partition coefficient (Wildman–Crippen LogP) is 1.61. The van der Waals surface area contributed by atoms with Crippen LogP contribution in [0.1, 0.15) is 12.0 Å². The van der Waals surface area contributed by atoms with Crippen LogP contribution >= 0.6 is 0 Å². The molecule has 0 atom stereocenters. The smallest absolute Gasteiger partial charge is 0.430 e. The number of rotatable bonds is 5. The summed E-state index contributed by atoms with van der Waals surface area (Å²) in [5.41, 5.74) is 0.989. The van der Waals surface area contributed by atoms with Crippen LogP contribution in [0.25, 0.3) is 0 Å². The number of nitrogens with zero attached hydrogens (tertiary/aromatic N) is 1. The van der Waals surface area contributed by atoms with Crippen LogP contribution in [0.5, 0.6) is 0 Å². The Morgan fingerprint density at radius 3 is 2.00 bits per heavy atom. The van der Waals surface area contributed by atoms with Crippen LogP contribution in [-0.4, -0.2) is 17.9 Å². The quantitative estimate of drug-likeness (QED) is 0.603. The average molecular weight is 357 g/mol. The molecular weight excluding hydrogens is 342 g/mol. The van der Waals surface area contributed by atoms with Gasteiger partial charge in [-0.15, -0.1) is 0 Å². The number of aliphatic carboxylic acids is 1. The van der Waals surface area contributed by atoms with Crippen LogP contribution in [0, 0.1) is 5.82 Å². The molecule has 2 aromatic rings. The molecule has 0 bridgehead atoms. The highest BCUT2D eigenvalue weighted by molar-refractivity contribution is 5.77. The zero-order valence-electron chi connectivity index (χ0n) is 13.0. The summed E-state index contributed by atoms with van der Waals surface area (Å²) in [5, 5.41) is 8.78. The first kappa shape index (κ1) is 20.3. The third-order valence-corrected chi connectivity index (χ3v) is 2.97. The molecule has 8 heteroatoms. The second-order valence-electron chi connectivity index (χ2n) is 5.00. The molecule has 0 fully saturated rings. The lowest BCUT2D eigenvalue weighted by Gasteiger charge is -2.03. The van der Waals surface area contributed by atoms with Crippen molar-refractivity contribution in [2.24, 2.45) is 0 Å². The van der Waals surface area contributed by atoms with E-state index in [9.17, 15) is 22.4 Å². The van der Waals surface area contributed by atoms with Crippen LogP contribution in [-0.2, 0) is 22.6 Å². The van der Waals surface area contributed by atoms with Gasteiger partial charge < -0.3 is 9.90 Å². The van der Waals surface area contributed by atoms with Gasteiger partial charge in [-0.3, -0.25) is 4.79 Å².